The number of rotatable bonds is 5. The topological polar surface area (TPSA) is 46.3 Å². The normalized spacial score (nSPS) is 16.6. The van der Waals surface area contributed by atoms with Gasteiger partial charge in [-0.15, -0.1) is 0 Å². The molecule has 6 heteroatoms. The highest BCUT2D eigenvalue weighted by molar-refractivity contribution is 5.94. The molecule has 0 radical (unpaired) electrons. The zero-order valence-corrected chi connectivity index (χ0v) is 11.9. The van der Waals surface area contributed by atoms with E-state index in [1.165, 1.54) is 12.1 Å². The molecule has 1 amide bonds. The number of nitrogens with two attached hydrogens (primary N) is 1. The van der Waals surface area contributed by atoms with Crippen LogP contribution in [0, 0.1) is 5.92 Å². The average Bonchev–Trinajstić information content (AvgIpc) is 3.27. The molecular formula is C15H19F3N2O. The smallest absolute Gasteiger partial charge is 0.327 e. The molecule has 0 spiro atoms. The van der Waals surface area contributed by atoms with Crippen molar-refractivity contribution in [3.8, 4) is 0 Å². The third-order valence-corrected chi connectivity index (χ3v) is 3.84. The van der Waals surface area contributed by atoms with Gasteiger partial charge in [0.25, 0.3) is 5.91 Å². The second-order valence-electron chi connectivity index (χ2n) is 5.53. The molecular weight excluding hydrogens is 281 g/mol. The van der Waals surface area contributed by atoms with E-state index in [2.05, 4.69) is 0 Å². The fraction of sp³-hybridized carbons (Fsp3) is 0.533. The summed E-state index contributed by atoms with van der Waals surface area (Å²) in [5.41, 5.74) is 6.58. The Hall–Kier alpha value is -1.56. The maximum absolute atomic E-state index is 12.7. The van der Waals surface area contributed by atoms with Gasteiger partial charge < -0.3 is 10.6 Å². The van der Waals surface area contributed by atoms with E-state index >= 15 is 0 Å². The third-order valence-electron chi connectivity index (χ3n) is 3.84. The van der Waals surface area contributed by atoms with Crippen LogP contribution in [0.15, 0.2) is 24.3 Å². The molecule has 1 atom stereocenters. The van der Waals surface area contributed by atoms with E-state index in [0.29, 0.717) is 6.54 Å². The summed E-state index contributed by atoms with van der Waals surface area (Å²) >= 11 is 0. The van der Waals surface area contributed by atoms with Gasteiger partial charge in [0.1, 0.15) is 6.54 Å². The lowest BCUT2D eigenvalue weighted by Crippen LogP contribution is -2.45. The number of benzene rings is 1. The first-order valence-corrected chi connectivity index (χ1v) is 6.98. The highest BCUT2D eigenvalue weighted by Gasteiger charge is 2.40. The first-order valence-electron chi connectivity index (χ1n) is 6.98. The largest absolute Gasteiger partial charge is 0.406 e. The van der Waals surface area contributed by atoms with Crippen LogP contribution < -0.4 is 5.73 Å². The summed E-state index contributed by atoms with van der Waals surface area (Å²) in [7, 11) is 0. The Morgan fingerprint density at radius 1 is 1.33 bits per heavy atom. The molecule has 1 unspecified atom stereocenters. The molecule has 1 aromatic carbocycles. The van der Waals surface area contributed by atoms with Crippen molar-refractivity contribution in [3.63, 3.8) is 0 Å². The molecule has 2 N–H and O–H groups in total. The van der Waals surface area contributed by atoms with Crippen LogP contribution in [-0.4, -0.2) is 29.6 Å². The van der Waals surface area contributed by atoms with Gasteiger partial charge in [-0.05, 0) is 43.4 Å². The van der Waals surface area contributed by atoms with Crippen molar-refractivity contribution in [2.75, 3.05) is 6.54 Å². The molecule has 1 fully saturated rings. The standard InChI is InChI=1S/C15H19F3N2O/c1-10(12-6-7-12)20(9-15(16,17)18)14(21)13-4-2-11(8-19)3-5-13/h2-5,10,12H,6-9,19H2,1H3. The summed E-state index contributed by atoms with van der Waals surface area (Å²) < 4.78 is 38.2. The molecule has 0 bridgehead atoms. The van der Waals surface area contributed by atoms with Crippen LogP contribution in [-0.2, 0) is 6.54 Å². The Morgan fingerprint density at radius 2 is 1.90 bits per heavy atom. The van der Waals surface area contributed by atoms with E-state index < -0.39 is 24.7 Å². The third kappa shape index (κ3) is 4.20. The first kappa shape index (κ1) is 15.8. The van der Waals surface area contributed by atoms with Crippen molar-refractivity contribution in [1.29, 1.82) is 0 Å². The van der Waals surface area contributed by atoms with Gasteiger partial charge >= 0.3 is 6.18 Å². The Bertz CT molecular complexity index is 495. The monoisotopic (exact) mass is 300 g/mol. The van der Waals surface area contributed by atoms with Crippen molar-refractivity contribution in [2.24, 2.45) is 11.7 Å². The highest BCUT2D eigenvalue weighted by atomic mass is 19.4. The minimum atomic E-state index is -4.39. The van der Waals surface area contributed by atoms with E-state index in [0.717, 1.165) is 23.3 Å². The second-order valence-corrected chi connectivity index (χ2v) is 5.53. The molecule has 2 rings (SSSR count). The van der Waals surface area contributed by atoms with Gasteiger partial charge in [0.05, 0.1) is 0 Å². The van der Waals surface area contributed by atoms with E-state index in [1.807, 2.05) is 0 Å². The van der Waals surface area contributed by atoms with Crippen molar-refractivity contribution in [3.05, 3.63) is 35.4 Å². The minimum absolute atomic E-state index is 0.180. The zero-order chi connectivity index (χ0) is 15.6. The summed E-state index contributed by atoms with van der Waals surface area (Å²) in [4.78, 5) is 13.3. The molecule has 0 heterocycles. The number of halogens is 3. The number of nitrogens with zero attached hydrogens (tertiary/aromatic N) is 1. The number of hydrogen-bond donors (Lipinski definition) is 1. The van der Waals surface area contributed by atoms with Crippen molar-refractivity contribution >= 4 is 5.91 Å². The predicted octanol–water partition coefficient (Wildman–Crippen LogP) is 2.95. The van der Waals surface area contributed by atoms with Gasteiger partial charge in [0, 0.05) is 18.2 Å². The van der Waals surface area contributed by atoms with Crippen LogP contribution in [0.3, 0.4) is 0 Å². The highest BCUT2D eigenvalue weighted by Crippen LogP contribution is 2.36. The van der Waals surface area contributed by atoms with Gasteiger partial charge in [-0.2, -0.15) is 13.2 Å². The number of hydrogen-bond acceptors (Lipinski definition) is 2. The van der Waals surface area contributed by atoms with Crippen LogP contribution in [0.4, 0.5) is 13.2 Å². The second kappa shape index (κ2) is 6.05. The molecule has 1 saturated carbocycles. The summed E-state index contributed by atoms with van der Waals surface area (Å²) in [5, 5.41) is 0. The van der Waals surface area contributed by atoms with E-state index in [1.54, 1.807) is 19.1 Å². The van der Waals surface area contributed by atoms with Crippen LogP contribution in [0.1, 0.15) is 35.7 Å². The summed E-state index contributed by atoms with van der Waals surface area (Å²) in [5.74, 6) is -0.394. The van der Waals surface area contributed by atoms with Crippen molar-refractivity contribution in [1.82, 2.24) is 4.90 Å². The molecule has 1 aliphatic carbocycles. The fourth-order valence-corrected chi connectivity index (χ4v) is 2.38. The van der Waals surface area contributed by atoms with Crippen LogP contribution in [0.5, 0.6) is 0 Å². The molecule has 3 nitrogen and oxygen atoms in total. The molecule has 1 aliphatic rings. The molecule has 21 heavy (non-hydrogen) atoms. The van der Waals surface area contributed by atoms with E-state index in [4.69, 9.17) is 5.73 Å². The maximum Gasteiger partial charge on any atom is 0.406 e. The lowest BCUT2D eigenvalue weighted by Gasteiger charge is -2.30. The molecule has 0 aliphatic heterocycles. The quantitative estimate of drug-likeness (QED) is 0.908. The number of carbonyl (C=O) groups excluding carboxylic acids is 1. The fourth-order valence-electron chi connectivity index (χ4n) is 2.38. The van der Waals surface area contributed by atoms with E-state index in [-0.39, 0.29) is 11.5 Å². The van der Waals surface area contributed by atoms with Gasteiger partial charge in [-0.25, -0.2) is 0 Å². The number of alkyl halides is 3. The first-order chi connectivity index (χ1) is 9.81. The number of amides is 1. The molecule has 0 saturated heterocycles. The van der Waals surface area contributed by atoms with Crippen molar-refractivity contribution in [2.45, 2.75) is 38.5 Å². The van der Waals surface area contributed by atoms with E-state index in [9.17, 15) is 18.0 Å². The lowest BCUT2D eigenvalue weighted by atomic mass is 10.1. The molecule has 1 aromatic rings. The van der Waals surface area contributed by atoms with Gasteiger partial charge in [-0.1, -0.05) is 12.1 Å². The summed E-state index contributed by atoms with van der Waals surface area (Å²) in [6.45, 7) is 0.816. The lowest BCUT2D eigenvalue weighted by molar-refractivity contribution is -0.144. The molecule has 0 aromatic heterocycles. The van der Waals surface area contributed by atoms with Crippen LogP contribution in [0.2, 0.25) is 0 Å². The van der Waals surface area contributed by atoms with Crippen LogP contribution >= 0.6 is 0 Å². The predicted molar refractivity (Wildman–Crippen MR) is 73.6 cm³/mol. The van der Waals surface area contributed by atoms with Crippen molar-refractivity contribution < 1.29 is 18.0 Å². The van der Waals surface area contributed by atoms with Gasteiger partial charge in [-0.3, -0.25) is 4.79 Å². The number of carbonyl (C=O) groups is 1. The Balaban J connectivity index is 2.19. The summed E-state index contributed by atoms with van der Waals surface area (Å²) in [6.07, 6.45) is -2.63. The van der Waals surface area contributed by atoms with Crippen LogP contribution in [0.25, 0.3) is 0 Å². The maximum atomic E-state index is 12.7. The average molecular weight is 300 g/mol. The SMILES string of the molecule is CC(C1CC1)N(CC(F)(F)F)C(=O)c1ccc(CN)cc1. The van der Waals surface area contributed by atoms with Gasteiger partial charge in [0.15, 0.2) is 0 Å². The zero-order valence-electron chi connectivity index (χ0n) is 11.9. The Kier molecular flexibility index (Phi) is 4.56. The molecule has 116 valence electrons. The summed E-state index contributed by atoms with van der Waals surface area (Å²) in [6, 6.07) is 6.01. The van der Waals surface area contributed by atoms with Gasteiger partial charge in [0.2, 0.25) is 0 Å². The Morgan fingerprint density at radius 3 is 2.33 bits per heavy atom. The minimum Gasteiger partial charge on any atom is -0.327 e. The Labute approximate surface area is 121 Å².